The van der Waals surface area contributed by atoms with Crippen LogP contribution in [0.2, 0.25) is 0 Å². The lowest BCUT2D eigenvalue weighted by Gasteiger charge is -2.00. The van der Waals surface area contributed by atoms with Gasteiger partial charge in [-0.05, 0) is 5.92 Å². The van der Waals surface area contributed by atoms with Crippen molar-refractivity contribution in [2.24, 2.45) is 5.92 Å². The van der Waals surface area contributed by atoms with E-state index in [4.69, 9.17) is 0 Å². The van der Waals surface area contributed by atoms with E-state index in [2.05, 4.69) is 13.8 Å². The van der Waals surface area contributed by atoms with Crippen molar-refractivity contribution in [1.29, 1.82) is 0 Å². The van der Waals surface area contributed by atoms with Gasteiger partial charge in [0.05, 0.1) is 0 Å². The number of carbonyl (C=O) groups is 1. The van der Waals surface area contributed by atoms with E-state index < -0.39 is 0 Å². The van der Waals surface area contributed by atoms with Gasteiger partial charge in [0.1, 0.15) is 0 Å². The first kappa shape index (κ1) is 6.87. The van der Waals surface area contributed by atoms with Crippen molar-refractivity contribution in [1.82, 2.24) is 0 Å². The smallest absolute Gasteiger partial charge is 0.215 e. The summed E-state index contributed by atoms with van der Waals surface area (Å²) in [5, 5.41) is 0.269. The molecule has 0 saturated heterocycles. The van der Waals surface area contributed by atoms with Gasteiger partial charge in [-0.2, -0.15) is 0 Å². The molecule has 1 rings (SSSR count). The molecule has 0 aromatic heterocycles. The van der Waals surface area contributed by atoms with Gasteiger partial charge in [0.15, 0.2) is 0 Å². The third kappa shape index (κ3) is 1.36. The summed E-state index contributed by atoms with van der Waals surface area (Å²) in [6, 6.07) is 0. The van der Waals surface area contributed by atoms with Crippen LogP contribution in [0.5, 0.6) is 0 Å². The number of rotatable bonds is 1. The van der Waals surface area contributed by atoms with Crippen molar-refractivity contribution in [3.63, 3.8) is 0 Å². The van der Waals surface area contributed by atoms with Crippen LogP contribution >= 0.6 is 11.8 Å². The standard InChI is InChI=1S/C7H10OS/c1-5(2)6-3-4-9-7(6)8/h3,5H,4H2,1-2H3. The fourth-order valence-corrected chi connectivity index (χ4v) is 1.75. The predicted octanol–water partition coefficient (Wildman–Crippen LogP) is 1.84. The molecular weight excluding hydrogens is 132 g/mol. The van der Waals surface area contributed by atoms with Crippen LogP contribution in [0.15, 0.2) is 11.6 Å². The Labute approximate surface area is 59.5 Å². The first-order valence-corrected chi connectivity index (χ1v) is 4.07. The minimum Gasteiger partial charge on any atom is -0.282 e. The zero-order valence-corrected chi connectivity index (χ0v) is 6.49. The van der Waals surface area contributed by atoms with E-state index in [1.165, 1.54) is 11.8 Å². The molecule has 0 N–H and O–H groups in total. The molecule has 1 nitrogen and oxygen atoms in total. The lowest BCUT2D eigenvalue weighted by molar-refractivity contribution is -0.108. The Morgan fingerprint density at radius 2 is 2.33 bits per heavy atom. The van der Waals surface area contributed by atoms with E-state index in [9.17, 15) is 4.79 Å². The first-order chi connectivity index (χ1) is 4.22. The van der Waals surface area contributed by atoms with Crippen LogP contribution in [0.1, 0.15) is 13.8 Å². The van der Waals surface area contributed by atoms with Gasteiger partial charge in [0.2, 0.25) is 5.12 Å². The molecule has 0 spiro atoms. The number of hydrogen-bond donors (Lipinski definition) is 0. The molecule has 0 saturated carbocycles. The molecule has 1 aliphatic heterocycles. The van der Waals surface area contributed by atoms with Gasteiger partial charge >= 0.3 is 0 Å². The van der Waals surface area contributed by atoms with Crippen LogP contribution < -0.4 is 0 Å². The average molecular weight is 142 g/mol. The fourth-order valence-electron chi connectivity index (χ4n) is 0.845. The molecule has 0 unspecified atom stereocenters. The van der Waals surface area contributed by atoms with Crippen molar-refractivity contribution in [3.05, 3.63) is 11.6 Å². The second kappa shape index (κ2) is 2.56. The minimum absolute atomic E-state index is 0.269. The Balaban J connectivity index is 2.68. The zero-order chi connectivity index (χ0) is 6.85. The summed E-state index contributed by atoms with van der Waals surface area (Å²) in [5.41, 5.74) is 1.00. The average Bonchev–Trinajstić information content (AvgIpc) is 2.13. The third-order valence-electron chi connectivity index (χ3n) is 1.38. The molecular formula is C7H10OS. The first-order valence-electron chi connectivity index (χ1n) is 3.09. The molecule has 0 aromatic rings. The van der Waals surface area contributed by atoms with Crippen LogP contribution in [-0.2, 0) is 4.79 Å². The topological polar surface area (TPSA) is 17.1 Å². The summed E-state index contributed by atoms with van der Waals surface area (Å²) in [4.78, 5) is 10.9. The molecule has 1 aliphatic rings. The fraction of sp³-hybridized carbons (Fsp3) is 0.571. The number of thioether (sulfide) groups is 1. The quantitative estimate of drug-likeness (QED) is 0.555. The van der Waals surface area contributed by atoms with Crippen LogP contribution in [0.4, 0.5) is 0 Å². The summed E-state index contributed by atoms with van der Waals surface area (Å²) in [5.74, 6) is 1.29. The Morgan fingerprint density at radius 3 is 2.56 bits per heavy atom. The van der Waals surface area contributed by atoms with Crippen molar-refractivity contribution in [2.75, 3.05) is 5.75 Å². The van der Waals surface area contributed by atoms with Crippen molar-refractivity contribution in [3.8, 4) is 0 Å². The Bertz CT molecular complexity index is 158. The summed E-state index contributed by atoms with van der Waals surface area (Å²) < 4.78 is 0. The van der Waals surface area contributed by atoms with Gasteiger partial charge in [-0.1, -0.05) is 31.7 Å². The highest BCUT2D eigenvalue weighted by molar-refractivity contribution is 8.14. The molecule has 0 aliphatic carbocycles. The van der Waals surface area contributed by atoms with Gasteiger partial charge < -0.3 is 0 Å². The normalized spacial score (nSPS) is 19.0. The molecule has 2 heteroatoms. The molecule has 0 aromatic carbocycles. The van der Waals surface area contributed by atoms with Gasteiger partial charge in [-0.3, -0.25) is 4.79 Å². The maximum atomic E-state index is 10.9. The van der Waals surface area contributed by atoms with Gasteiger partial charge in [-0.25, -0.2) is 0 Å². The third-order valence-corrected chi connectivity index (χ3v) is 2.21. The minimum atomic E-state index is 0.269. The summed E-state index contributed by atoms with van der Waals surface area (Å²) in [7, 11) is 0. The van der Waals surface area contributed by atoms with E-state index >= 15 is 0 Å². The highest BCUT2D eigenvalue weighted by Crippen LogP contribution is 2.24. The predicted molar refractivity (Wildman–Crippen MR) is 40.4 cm³/mol. The van der Waals surface area contributed by atoms with E-state index in [0.717, 1.165) is 11.3 Å². The van der Waals surface area contributed by atoms with Crippen LogP contribution in [0.3, 0.4) is 0 Å². The maximum Gasteiger partial charge on any atom is 0.215 e. The molecule has 0 radical (unpaired) electrons. The number of carbonyl (C=O) groups excluding carboxylic acids is 1. The van der Waals surface area contributed by atoms with Crippen LogP contribution in [0, 0.1) is 5.92 Å². The highest BCUT2D eigenvalue weighted by atomic mass is 32.2. The molecule has 0 atom stereocenters. The summed E-state index contributed by atoms with van der Waals surface area (Å²) in [6.45, 7) is 4.10. The van der Waals surface area contributed by atoms with E-state index in [0.29, 0.717) is 5.92 Å². The summed E-state index contributed by atoms with van der Waals surface area (Å²) >= 11 is 1.40. The Kier molecular flexibility index (Phi) is 1.96. The van der Waals surface area contributed by atoms with Crippen LogP contribution in [0.25, 0.3) is 0 Å². The van der Waals surface area contributed by atoms with E-state index in [-0.39, 0.29) is 5.12 Å². The maximum absolute atomic E-state index is 10.9. The number of hydrogen-bond acceptors (Lipinski definition) is 2. The molecule has 50 valence electrons. The SMILES string of the molecule is CC(C)C1=CCSC1=O. The van der Waals surface area contributed by atoms with Crippen LogP contribution in [-0.4, -0.2) is 10.9 Å². The second-order valence-corrected chi connectivity index (χ2v) is 3.41. The van der Waals surface area contributed by atoms with Crippen molar-refractivity contribution in [2.45, 2.75) is 13.8 Å². The van der Waals surface area contributed by atoms with E-state index in [1.54, 1.807) is 0 Å². The van der Waals surface area contributed by atoms with Gasteiger partial charge in [0, 0.05) is 11.3 Å². The molecule has 0 fully saturated rings. The zero-order valence-electron chi connectivity index (χ0n) is 5.68. The van der Waals surface area contributed by atoms with Crippen molar-refractivity contribution >= 4 is 16.9 Å². The lowest BCUT2D eigenvalue weighted by atomic mass is 10.1. The summed E-state index contributed by atoms with van der Waals surface area (Å²) in [6.07, 6.45) is 2.03. The molecule has 0 amide bonds. The lowest BCUT2D eigenvalue weighted by Crippen LogP contribution is -1.98. The molecule has 9 heavy (non-hydrogen) atoms. The largest absolute Gasteiger partial charge is 0.282 e. The van der Waals surface area contributed by atoms with Gasteiger partial charge in [-0.15, -0.1) is 0 Å². The monoisotopic (exact) mass is 142 g/mol. The van der Waals surface area contributed by atoms with Gasteiger partial charge in [0.25, 0.3) is 0 Å². The second-order valence-electron chi connectivity index (χ2n) is 2.41. The van der Waals surface area contributed by atoms with E-state index in [1.807, 2.05) is 6.08 Å². The molecule has 1 heterocycles. The van der Waals surface area contributed by atoms with Crippen molar-refractivity contribution < 1.29 is 4.79 Å². The highest BCUT2D eigenvalue weighted by Gasteiger charge is 2.17. The molecule has 0 bridgehead atoms. The Morgan fingerprint density at radius 1 is 1.67 bits per heavy atom. The Hall–Kier alpha value is -0.240.